The molecule has 3 rings (SSSR count). The molecule has 33 heavy (non-hydrogen) atoms. The van der Waals surface area contributed by atoms with Crippen molar-refractivity contribution >= 4 is 17.4 Å². The van der Waals surface area contributed by atoms with E-state index in [4.69, 9.17) is 9.47 Å². The van der Waals surface area contributed by atoms with Crippen molar-refractivity contribution in [3.05, 3.63) is 70.3 Å². The molecule has 0 aliphatic carbocycles. The van der Waals surface area contributed by atoms with Gasteiger partial charge in [0.2, 0.25) is 0 Å². The normalized spacial score (nSPS) is 17.6. The fourth-order valence-electron chi connectivity index (χ4n) is 4.02. The van der Waals surface area contributed by atoms with E-state index in [1.807, 2.05) is 31.2 Å². The van der Waals surface area contributed by atoms with Gasteiger partial charge in [-0.05, 0) is 54.7 Å². The number of rotatable bonds is 10. The van der Waals surface area contributed by atoms with Crippen molar-refractivity contribution in [1.82, 2.24) is 4.90 Å². The standard InChI is InChI=1S/C27H33NO5/c1-5-7-15-33-22-13-12-21(17-18(22)3)25(29)23-24(20-10-8-19(6-2)9-11-20)28(14-16-32-4)27(31)26(23)30/h8-13,17,24,29H,5-7,14-16H2,1-4H3/t24-/m0/s1. The molecule has 6 heteroatoms. The maximum absolute atomic E-state index is 13.1. The Labute approximate surface area is 195 Å². The van der Waals surface area contributed by atoms with E-state index in [1.54, 1.807) is 25.3 Å². The molecule has 0 spiro atoms. The summed E-state index contributed by atoms with van der Waals surface area (Å²) in [5, 5.41) is 11.2. The summed E-state index contributed by atoms with van der Waals surface area (Å²) in [6.45, 7) is 7.24. The Morgan fingerprint density at radius 3 is 2.39 bits per heavy atom. The zero-order chi connectivity index (χ0) is 24.0. The highest BCUT2D eigenvalue weighted by Crippen LogP contribution is 2.39. The van der Waals surface area contributed by atoms with Crippen LogP contribution in [0.1, 0.15) is 55.0 Å². The quantitative estimate of drug-likeness (QED) is 0.243. The van der Waals surface area contributed by atoms with E-state index >= 15 is 0 Å². The van der Waals surface area contributed by atoms with Crippen LogP contribution >= 0.6 is 0 Å². The number of aliphatic hydroxyl groups is 1. The van der Waals surface area contributed by atoms with Crippen LogP contribution in [0.4, 0.5) is 0 Å². The van der Waals surface area contributed by atoms with Crippen LogP contribution < -0.4 is 4.74 Å². The van der Waals surface area contributed by atoms with Gasteiger partial charge in [-0.3, -0.25) is 9.59 Å². The first kappa shape index (κ1) is 24.5. The smallest absolute Gasteiger partial charge is 0.295 e. The van der Waals surface area contributed by atoms with E-state index in [2.05, 4.69) is 13.8 Å². The Balaban J connectivity index is 2.04. The van der Waals surface area contributed by atoms with Gasteiger partial charge in [0, 0.05) is 19.2 Å². The Bertz CT molecular complexity index is 1030. The molecule has 6 nitrogen and oxygen atoms in total. The molecule has 1 fully saturated rings. The van der Waals surface area contributed by atoms with Crippen molar-refractivity contribution in [2.24, 2.45) is 0 Å². The minimum atomic E-state index is -0.686. The van der Waals surface area contributed by atoms with Crippen LogP contribution in [0, 0.1) is 6.92 Å². The molecule has 1 aliphatic rings. The number of amides is 1. The molecule has 1 heterocycles. The molecular weight excluding hydrogens is 418 g/mol. The topological polar surface area (TPSA) is 76.1 Å². The fourth-order valence-corrected chi connectivity index (χ4v) is 4.02. The van der Waals surface area contributed by atoms with Gasteiger partial charge in [0.1, 0.15) is 11.5 Å². The number of hydrogen-bond acceptors (Lipinski definition) is 5. The lowest BCUT2D eigenvalue weighted by Crippen LogP contribution is -2.32. The van der Waals surface area contributed by atoms with Crippen LogP contribution in [-0.4, -0.2) is 48.6 Å². The molecule has 0 aromatic heterocycles. The maximum atomic E-state index is 13.1. The van der Waals surface area contributed by atoms with Crippen LogP contribution in [0.15, 0.2) is 48.0 Å². The molecular formula is C27H33NO5. The first-order chi connectivity index (χ1) is 15.9. The second-order valence-electron chi connectivity index (χ2n) is 8.26. The molecule has 1 aliphatic heterocycles. The van der Waals surface area contributed by atoms with Crippen molar-refractivity contribution in [2.75, 3.05) is 26.9 Å². The number of ketones is 1. The number of ether oxygens (including phenoxy) is 2. The van der Waals surface area contributed by atoms with Crippen molar-refractivity contribution < 1.29 is 24.2 Å². The third kappa shape index (κ3) is 5.28. The zero-order valence-corrected chi connectivity index (χ0v) is 19.9. The summed E-state index contributed by atoms with van der Waals surface area (Å²) >= 11 is 0. The first-order valence-corrected chi connectivity index (χ1v) is 11.5. The highest BCUT2D eigenvalue weighted by molar-refractivity contribution is 6.46. The second kappa shape index (κ2) is 11.1. The van der Waals surface area contributed by atoms with Crippen LogP contribution in [0.25, 0.3) is 5.76 Å². The van der Waals surface area contributed by atoms with E-state index in [0.717, 1.165) is 41.7 Å². The zero-order valence-electron chi connectivity index (χ0n) is 19.9. The molecule has 0 unspecified atom stereocenters. The monoisotopic (exact) mass is 451 g/mol. The molecule has 1 amide bonds. The lowest BCUT2D eigenvalue weighted by Gasteiger charge is -2.25. The van der Waals surface area contributed by atoms with Crippen LogP contribution in [-0.2, 0) is 20.7 Å². The molecule has 176 valence electrons. The van der Waals surface area contributed by atoms with Crippen LogP contribution in [0.2, 0.25) is 0 Å². The van der Waals surface area contributed by atoms with Gasteiger partial charge in [0.05, 0.1) is 24.8 Å². The number of hydrogen-bond donors (Lipinski definition) is 1. The summed E-state index contributed by atoms with van der Waals surface area (Å²) in [6, 6.07) is 12.4. The van der Waals surface area contributed by atoms with Crippen molar-refractivity contribution in [2.45, 2.75) is 46.1 Å². The second-order valence-corrected chi connectivity index (χ2v) is 8.26. The maximum Gasteiger partial charge on any atom is 0.295 e. The van der Waals surface area contributed by atoms with Gasteiger partial charge in [-0.15, -0.1) is 0 Å². The lowest BCUT2D eigenvalue weighted by atomic mass is 9.94. The number of unbranched alkanes of at least 4 members (excludes halogenated alkanes) is 1. The summed E-state index contributed by atoms with van der Waals surface area (Å²) in [6.07, 6.45) is 2.89. The van der Waals surface area contributed by atoms with Crippen molar-refractivity contribution in [3.63, 3.8) is 0 Å². The van der Waals surface area contributed by atoms with Gasteiger partial charge in [0.25, 0.3) is 11.7 Å². The van der Waals surface area contributed by atoms with E-state index in [9.17, 15) is 14.7 Å². The number of aryl methyl sites for hydroxylation is 2. The number of aliphatic hydroxyl groups excluding tert-OH is 1. The number of benzene rings is 2. The molecule has 2 aromatic rings. The minimum Gasteiger partial charge on any atom is -0.507 e. The van der Waals surface area contributed by atoms with Crippen molar-refractivity contribution in [1.29, 1.82) is 0 Å². The number of methoxy groups -OCH3 is 1. The molecule has 1 saturated heterocycles. The molecule has 2 aromatic carbocycles. The molecule has 1 atom stereocenters. The molecule has 0 saturated carbocycles. The highest BCUT2D eigenvalue weighted by Gasteiger charge is 2.45. The number of carbonyl (C=O) groups is 2. The number of likely N-dealkylation sites (tertiary alicyclic amines) is 1. The number of carbonyl (C=O) groups excluding carboxylic acids is 2. The molecule has 0 bridgehead atoms. The van der Waals surface area contributed by atoms with Crippen LogP contribution in [0.5, 0.6) is 5.75 Å². The summed E-state index contributed by atoms with van der Waals surface area (Å²) in [7, 11) is 1.55. The summed E-state index contributed by atoms with van der Waals surface area (Å²) in [5.74, 6) is -0.753. The summed E-state index contributed by atoms with van der Waals surface area (Å²) < 4.78 is 11.0. The predicted molar refractivity (Wildman–Crippen MR) is 128 cm³/mol. The van der Waals surface area contributed by atoms with Gasteiger partial charge in [-0.25, -0.2) is 0 Å². The third-order valence-corrected chi connectivity index (χ3v) is 5.98. The Morgan fingerprint density at radius 2 is 1.79 bits per heavy atom. The third-order valence-electron chi connectivity index (χ3n) is 5.98. The van der Waals surface area contributed by atoms with Crippen LogP contribution in [0.3, 0.4) is 0 Å². The average Bonchev–Trinajstić information content (AvgIpc) is 3.08. The van der Waals surface area contributed by atoms with Gasteiger partial charge in [0.15, 0.2) is 0 Å². The van der Waals surface area contributed by atoms with Gasteiger partial charge >= 0.3 is 0 Å². The van der Waals surface area contributed by atoms with E-state index in [0.29, 0.717) is 18.8 Å². The fraction of sp³-hybridized carbons (Fsp3) is 0.407. The predicted octanol–water partition coefficient (Wildman–Crippen LogP) is 4.80. The number of Topliss-reactive ketones (excluding diaryl/α,β-unsaturated/α-hetero) is 1. The Hall–Kier alpha value is -3.12. The Kier molecular flexibility index (Phi) is 8.28. The lowest BCUT2D eigenvalue weighted by molar-refractivity contribution is -0.140. The van der Waals surface area contributed by atoms with Gasteiger partial charge in [-0.1, -0.05) is 44.5 Å². The summed E-state index contributed by atoms with van der Waals surface area (Å²) in [4.78, 5) is 27.4. The van der Waals surface area contributed by atoms with Gasteiger partial charge < -0.3 is 19.5 Å². The van der Waals surface area contributed by atoms with E-state index in [1.165, 1.54) is 4.90 Å². The minimum absolute atomic E-state index is 0.0967. The van der Waals surface area contributed by atoms with Crippen molar-refractivity contribution in [3.8, 4) is 5.75 Å². The highest BCUT2D eigenvalue weighted by atomic mass is 16.5. The number of nitrogens with zero attached hydrogens (tertiary/aromatic N) is 1. The average molecular weight is 452 g/mol. The molecule has 0 radical (unpaired) electrons. The summed E-state index contributed by atoms with van der Waals surface area (Å²) in [5.41, 5.74) is 3.37. The van der Waals surface area contributed by atoms with E-state index < -0.39 is 17.7 Å². The molecule has 1 N–H and O–H groups in total. The largest absolute Gasteiger partial charge is 0.507 e. The first-order valence-electron chi connectivity index (χ1n) is 11.5. The van der Waals surface area contributed by atoms with Gasteiger partial charge in [-0.2, -0.15) is 0 Å². The van der Waals surface area contributed by atoms with E-state index in [-0.39, 0.29) is 17.9 Å². The SMILES string of the molecule is CCCCOc1ccc(C(O)=C2C(=O)C(=O)N(CCOC)[C@H]2c2ccc(CC)cc2)cc1C. The Morgan fingerprint density at radius 1 is 1.06 bits per heavy atom.